The van der Waals surface area contributed by atoms with Gasteiger partial charge in [-0.15, -0.1) is 0 Å². The highest BCUT2D eigenvalue weighted by Crippen LogP contribution is 2.35. The first-order chi connectivity index (χ1) is 11.8. The van der Waals surface area contributed by atoms with Crippen LogP contribution in [0.25, 0.3) is 5.52 Å². The minimum absolute atomic E-state index is 0.0822. The predicted molar refractivity (Wildman–Crippen MR) is 97.6 cm³/mol. The van der Waals surface area contributed by atoms with Crippen LogP contribution in [0.2, 0.25) is 5.02 Å². The molecule has 0 aliphatic carbocycles. The zero-order chi connectivity index (χ0) is 18.4. The molecule has 7 nitrogen and oxygen atoms in total. The molecule has 2 aromatic heterocycles. The van der Waals surface area contributed by atoms with Crippen molar-refractivity contribution in [2.24, 2.45) is 5.73 Å². The van der Waals surface area contributed by atoms with Crippen LogP contribution in [-0.2, 0) is 9.84 Å². The van der Waals surface area contributed by atoms with E-state index in [9.17, 15) is 13.7 Å². The number of halogens is 1. The van der Waals surface area contributed by atoms with Crippen LogP contribution in [0.3, 0.4) is 0 Å². The van der Waals surface area contributed by atoms with Gasteiger partial charge in [0.1, 0.15) is 23.7 Å². The molecule has 3 heterocycles. The van der Waals surface area contributed by atoms with E-state index in [1.807, 2.05) is 17.9 Å². The summed E-state index contributed by atoms with van der Waals surface area (Å²) in [5, 5.41) is 9.22. The molecule has 0 amide bonds. The zero-order valence-corrected chi connectivity index (χ0v) is 15.7. The van der Waals surface area contributed by atoms with Gasteiger partial charge in [0.25, 0.3) is 0 Å². The standard InChI is InChI=1S/C16H20ClN5O2S/c1-3-13(19)11-6-12(17)15-14(7-18)20-9-22(15)16(11)21-4-5-25(23,24)10(2)8-21/h6,9-10,13H,3-5,8,19H2,1-2H3. The van der Waals surface area contributed by atoms with Gasteiger partial charge in [0.15, 0.2) is 15.5 Å². The van der Waals surface area contributed by atoms with Gasteiger partial charge in [-0.2, -0.15) is 5.26 Å². The van der Waals surface area contributed by atoms with E-state index in [1.165, 1.54) is 0 Å². The maximum Gasteiger partial charge on any atom is 0.167 e. The molecule has 0 saturated carbocycles. The van der Waals surface area contributed by atoms with Crippen molar-refractivity contribution in [1.82, 2.24) is 9.38 Å². The molecular weight excluding hydrogens is 362 g/mol. The van der Waals surface area contributed by atoms with Gasteiger partial charge in [0.2, 0.25) is 0 Å². The number of imidazole rings is 1. The molecule has 0 bridgehead atoms. The normalized spacial score (nSPS) is 21.2. The second-order valence-electron chi connectivity index (χ2n) is 6.33. The fourth-order valence-corrected chi connectivity index (χ4v) is 4.78. The minimum atomic E-state index is -3.08. The van der Waals surface area contributed by atoms with Crippen molar-refractivity contribution >= 4 is 32.8 Å². The highest BCUT2D eigenvalue weighted by atomic mass is 35.5. The Morgan fingerprint density at radius 1 is 1.56 bits per heavy atom. The van der Waals surface area contributed by atoms with Crippen molar-refractivity contribution in [3.63, 3.8) is 0 Å². The number of hydrogen-bond acceptors (Lipinski definition) is 6. The minimum Gasteiger partial charge on any atom is -0.355 e. The van der Waals surface area contributed by atoms with E-state index >= 15 is 0 Å². The molecule has 134 valence electrons. The third-order valence-electron chi connectivity index (χ3n) is 4.74. The van der Waals surface area contributed by atoms with Crippen molar-refractivity contribution in [2.45, 2.75) is 31.6 Å². The highest BCUT2D eigenvalue weighted by molar-refractivity contribution is 7.92. The largest absolute Gasteiger partial charge is 0.355 e. The number of rotatable bonds is 3. The van der Waals surface area contributed by atoms with Gasteiger partial charge in [0.05, 0.1) is 16.0 Å². The van der Waals surface area contributed by atoms with Gasteiger partial charge >= 0.3 is 0 Å². The van der Waals surface area contributed by atoms with E-state index in [2.05, 4.69) is 4.98 Å². The van der Waals surface area contributed by atoms with Crippen LogP contribution in [0.4, 0.5) is 5.82 Å². The van der Waals surface area contributed by atoms with Crippen molar-refractivity contribution < 1.29 is 8.42 Å². The lowest BCUT2D eigenvalue weighted by Crippen LogP contribution is -2.46. The highest BCUT2D eigenvalue weighted by Gasteiger charge is 2.32. The molecule has 2 unspecified atom stereocenters. The number of pyridine rings is 1. The maximum atomic E-state index is 12.1. The lowest BCUT2D eigenvalue weighted by Gasteiger charge is -2.35. The van der Waals surface area contributed by atoms with E-state index in [0.717, 1.165) is 11.4 Å². The number of nitrogens with two attached hydrogens (primary N) is 1. The summed E-state index contributed by atoms with van der Waals surface area (Å²) < 4.78 is 25.9. The average Bonchev–Trinajstić information content (AvgIpc) is 3.01. The van der Waals surface area contributed by atoms with Crippen LogP contribution >= 0.6 is 11.6 Å². The molecule has 0 radical (unpaired) electrons. The molecule has 1 aliphatic heterocycles. The topological polar surface area (TPSA) is 104 Å². The van der Waals surface area contributed by atoms with Crippen LogP contribution in [0.1, 0.15) is 37.6 Å². The summed E-state index contributed by atoms with van der Waals surface area (Å²) in [5.74, 6) is 0.850. The lowest BCUT2D eigenvalue weighted by atomic mass is 10.0. The van der Waals surface area contributed by atoms with Crippen molar-refractivity contribution in [3.05, 3.63) is 28.7 Å². The Bertz CT molecular complexity index is 963. The van der Waals surface area contributed by atoms with Gasteiger partial charge in [-0.3, -0.25) is 4.40 Å². The van der Waals surface area contributed by atoms with E-state index < -0.39 is 15.1 Å². The van der Waals surface area contributed by atoms with Gasteiger partial charge in [-0.1, -0.05) is 18.5 Å². The van der Waals surface area contributed by atoms with E-state index in [4.69, 9.17) is 17.3 Å². The van der Waals surface area contributed by atoms with Crippen LogP contribution in [-0.4, -0.2) is 41.9 Å². The number of nitrogens with zero attached hydrogens (tertiary/aromatic N) is 4. The SMILES string of the molecule is CCC(N)c1cc(Cl)c2c(C#N)ncn2c1N1CCS(=O)(=O)C(C)C1. The van der Waals surface area contributed by atoms with Gasteiger partial charge < -0.3 is 10.6 Å². The summed E-state index contributed by atoms with van der Waals surface area (Å²) in [6.07, 6.45) is 2.26. The van der Waals surface area contributed by atoms with Gasteiger partial charge in [-0.05, 0) is 19.4 Å². The quantitative estimate of drug-likeness (QED) is 0.870. The Balaban J connectivity index is 2.23. The molecular formula is C16H20ClN5O2S. The molecule has 0 aromatic carbocycles. The zero-order valence-electron chi connectivity index (χ0n) is 14.1. The van der Waals surface area contributed by atoms with Gasteiger partial charge in [-0.25, -0.2) is 13.4 Å². The number of anilines is 1. The Kier molecular flexibility index (Phi) is 4.66. The van der Waals surface area contributed by atoms with Crippen LogP contribution < -0.4 is 10.6 Å². The van der Waals surface area contributed by atoms with Crippen molar-refractivity contribution in [2.75, 3.05) is 23.7 Å². The smallest absolute Gasteiger partial charge is 0.167 e. The van der Waals surface area contributed by atoms with E-state index in [0.29, 0.717) is 30.0 Å². The van der Waals surface area contributed by atoms with Crippen LogP contribution in [0, 0.1) is 11.3 Å². The molecule has 3 rings (SSSR count). The first kappa shape index (κ1) is 18.0. The summed E-state index contributed by atoms with van der Waals surface area (Å²) >= 11 is 6.39. The van der Waals surface area contributed by atoms with Gasteiger partial charge in [0, 0.05) is 24.7 Å². The van der Waals surface area contributed by atoms with Crippen molar-refractivity contribution in [1.29, 1.82) is 5.26 Å². The van der Waals surface area contributed by atoms with Crippen LogP contribution in [0.15, 0.2) is 12.4 Å². The Hall–Kier alpha value is -1.82. The fourth-order valence-electron chi connectivity index (χ4n) is 3.20. The average molecular weight is 382 g/mol. The first-order valence-electron chi connectivity index (χ1n) is 8.11. The summed E-state index contributed by atoms with van der Waals surface area (Å²) in [6.45, 7) is 4.42. The summed E-state index contributed by atoms with van der Waals surface area (Å²) in [5.41, 5.74) is 7.87. The summed E-state index contributed by atoms with van der Waals surface area (Å²) in [4.78, 5) is 6.14. The molecule has 9 heteroatoms. The summed E-state index contributed by atoms with van der Waals surface area (Å²) in [6, 6.07) is 3.57. The first-order valence-corrected chi connectivity index (χ1v) is 10.2. The molecule has 1 fully saturated rings. The number of fused-ring (bicyclic) bond motifs is 1. The Morgan fingerprint density at radius 2 is 2.28 bits per heavy atom. The third kappa shape index (κ3) is 2.97. The molecule has 25 heavy (non-hydrogen) atoms. The van der Waals surface area contributed by atoms with E-state index in [-0.39, 0.29) is 17.5 Å². The third-order valence-corrected chi connectivity index (χ3v) is 7.16. The number of sulfone groups is 1. The second-order valence-corrected chi connectivity index (χ2v) is 9.28. The van der Waals surface area contributed by atoms with E-state index in [1.54, 1.807) is 23.7 Å². The fraction of sp³-hybridized carbons (Fsp3) is 0.500. The molecule has 1 aliphatic rings. The number of aromatic nitrogens is 2. The Morgan fingerprint density at radius 3 is 2.88 bits per heavy atom. The number of hydrogen-bond donors (Lipinski definition) is 1. The maximum absolute atomic E-state index is 12.1. The summed E-state index contributed by atoms with van der Waals surface area (Å²) in [7, 11) is -3.08. The molecule has 2 atom stereocenters. The number of nitriles is 1. The Labute approximate surface area is 151 Å². The van der Waals surface area contributed by atoms with Crippen LogP contribution in [0.5, 0.6) is 0 Å². The monoisotopic (exact) mass is 381 g/mol. The lowest BCUT2D eigenvalue weighted by molar-refractivity contribution is 0.567. The van der Waals surface area contributed by atoms with Crippen molar-refractivity contribution in [3.8, 4) is 6.07 Å². The molecule has 2 N–H and O–H groups in total. The molecule has 2 aromatic rings. The molecule has 1 saturated heterocycles. The second kappa shape index (κ2) is 6.48. The predicted octanol–water partition coefficient (Wildman–Crippen LogP) is 1.89. The molecule has 0 spiro atoms.